The normalized spacial score (nSPS) is 10.4. The molecule has 0 saturated carbocycles. The van der Waals surface area contributed by atoms with Crippen LogP contribution in [0, 0.1) is 24.1 Å². The fraction of sp³-hybridized carbons (Fsp3) is 0.0588. The van der Waals surface area contributed by atoms with Crippen LogP contribution in [0.15, 0.2) is 42.5 Å². The number of amides is 1. The Labute approximate surface area is 126 Å². The number of hydrogen-bond acceptors (Lipinski definition) is 2. The zero-order valence-corrected chi connectivity index (χ0v) is 11.8. The predicted octanol–water partition coefficient (Wildman–Crippen LogP) is 3.74. The molecule has 0 aliphatic carbocycles. The summed E-state index contributed by atoms with van der Waals surface area (Å²) in [6.07, 6.45) is 0. The number of hydrogen-bond donors (Lipinski definition) is 2. The van der Waals surface area contributed by atoms with Gasteiger partial charge in [-0.15, -0.1) is 0 Å². The summed E-state index contributed by atoms with van der Waals surface area (Å²) in [5.74, 6) is -0.674. The van der Waals surface area contributed by atoms with Crippen LogP contribution < -0.4 is 5.32 Å². The smallest absolute Gasteiger partial charge is 0.272 e. The molecule has 0 aliphatic heterocycles. The number of fused-ring (bicyclic) bond motifs is 1. The largest absolute Gasteiger partial charge is 0.350 e. The van der Waals surface area contributed by atoms with E-state index in [1.807, 2.05) is 6.07 Å². The van der Waals surface area contributed by atoms with E-state index in [4.69, 9.17) is 5.26 Å². The first kappa shape index (κ1) is 13.8. The van der Waals surface area contributed by atoms with E-state index in [0.717, 1.165) is 0 Å². The van der Waals surface area contributed by atoms with Crippen molar-refractivity contribution in [3.63, 3.8) is 0 Å². The Balaban J connectivity index is 1.95. The highest BCUT2D eigenvalue weighted by Crippen LogP contribution is 2.23. The van der Waals surface area contributed by atoms with Crippen LogP contribution in [0.3, 0.4) is 0 Å². The molecule has 1 heterocycles. The molecule has 22 heavy (non-hydrogen) atoms. The van der Waals surface area contributed by atoms with Crippen LogP contribution in [-0.2, 0) is 0 Å². The summed E-state index contributed by atoms with van der Waals surface area (Å²) in [6, 6.07) is 13.0. The highest BCUT2D eigenvalue weighted by Gasteiger charge is 2.15. The third-order valence-corrected chi connectivity index (χ3v) is 3.50. The van der Waals surface area contributed by atoms with E-state index in [-0.39, 0.29) is 11.7 Å². The summed E-state index contributed by atoms with van der Waals surface area (Å²) in [6.45, 7) is 1.76. The minimum absolute atomic E-state index is 0.329. The van der Waals surface area contributed by atoms with Gasteiger partial charge in [0.05, 0.1) is 11.6 Å². The maximum atomic E-state index is 13.3. The van der Waals surface area contributed by atoms with E-state index < -0.39 is 0 Å². The number of aryl methyl sites for hydroxylation is 1. The minimum atomic E-state index is -0.344. The van der Waals surface area contributed by atoms with Gasteiger partial charge in [-0.3, -0.25) is 4.79 Å². The van der Waals surface area contributed by atoms with Crippen molar-refractivity contribution < 1.29 is 9.18 Å². The number of carbonyl (C=O) groups excluding carboxylic acids is 1. The predicted molar refractivity (Wildman–Crippen MR) is 82.1 cm³/mol. The zero-order chi connectivity index (χ0) is 15.7. The Morgan fingerprint density at radius 2 is 2.09 bits per heavy atom. The molecule has 0 spiro atoms. The molecular weight excluding hydrogens is 281 g/mol. The average Bonchev–Trinajstić information content (AvgIpc) is 2.84. The lowest BCUT2D eigenvalue weighted by Crippen LogP contribution is -2.13. The van der Waals surface area contributed by atoms with E-state index in [2.05, 4.69) is 10.3 Å². The van der Waals surface area contributed by atoms with Gasteiger partial charge in [-0.05, 0) is 48.9 Å². The van der Waals surface area contributed by atoms with Gasteiger partial charge in [0.15, 0.2) is 0 Å². The Bertz CT molecular complexity index is 921. The molecular formula is C17H12FN3O. The highest BCUT2D eigenvalue weighted by atomic mass is 19.1. The molecule has 0 radical (unpaired) electrons. The molecule has 0 unspecified atom stereocenters. The second-order valence-electron chi connectivity index (χ2n) is 4.96. The summed E-state index contributed by atoms with van der Waals surface area (Å²) in [7, 11) is 0. The van der Waals surface area contributed by atoms with Crippen molar-refractivity contribution in [2.75, 3.05) is 5.32 Å². The van der Waals surface area contributed by atoms with Crippen molar-refractivity contribution >= 4 is 22.5 Å². The third kappa shape index (κ3) is 2.42. The monoisotopic (exact) mass is 293 g/mol. The van der Waals surface area contributed by atoms with Crippen LogP contribution in [0.25, 0.3) is 10.9 Å². The fourth-order valence-electron chi connectivity index (χ4n) is 2.39. The van der Waals surface area contributed by atoms with Crippen molar-refractivity contribution in [2.24, 2.45) is 0 Å². The van der Waals surface area contributed by atoms with Gasteiger partial charge in [0, 0.05) is 16.6 Å². The van der Waals surface area contributed by atoms with Gasteiger partial charge in [0.25, 0.3) is 5.91 Å². The molecule has 4 nitrogen and oxygen atoms in total. The lowest BCUT2D eigenvalue weighted by Gasteiger charge is -2.05. The number of rotatable bonds is 2. The van der Waals surface area contributed by atoms with Crippen LogP contribution in [0.2, 0.25) is 0 Å². The van der Waals surface area contributed by atoms with Gasteiger partial charge >= 0.3 is 0 Å². The van der Waals surface area contributed by atoms with Crippen molar-refractivity contribution in [3.8, 4) is 6.07 Å². The first-order valence-corrected chi connectivity index (χ1v) is 6.68. The first-order chi connectivity index (χ1) is 10.6. The van der Waals surface area contributed by atoms with Crippen molar-refractivity contribution in [1.82, 2.24) is 4.98 Å². The number of nitrogens with zero attached hydrogens (tertiary/aromatic N) is 1. The maximum Gasteiger partial charge on any atom is 0.272 e. The molecule has 0 aliphatic rings. The SMILES string of the molecule is Cc1c(C(=O)Nc2cccc(C#N)c2)[nH]c2ccc(F)cc12. The van der Waals surface area contributed by atoms with Gasteiger partial charge < -0.3 is 10.3 Å². The molecule has 5 heteroatoms. The molecule has 3 aromatic rings. The summed E-state index contributed by atoms with van der Waals surface area (Å²) >= 11 is 0. The van der Waals surface area contributed by atoms with Crippen molar-refractivity contribution in [3.05, 3.63) is 65.1 Å². The molecule has 108 valence electrons. The van der Waals surface area contributed by atoms with E-state index in [0.29, 0.717) is 33.4 Å². The topological polar surface area (TPSA) is 68.7 Å². The molecule has 2 N–H and O–H groups in total. The Morgan fingerprint density at radius 1 is 1.27 bits per heavy atom. The Hall–Kier alpha value is -3.13. The van der Waals surface area contributed by atoms with Crippen LogP contribution in [0.5, 0.6) is 0 Å². The molecule has 1 amide bonds. The van der Waals surface area contributed by atoms with Crippen LogP contribution in [0.4, 0.5) is 10.1 Å². The zero-order valence-electron chi connectivity index (χ0n) is 11.8. The number of carbonyl (C=O) groups is 1. The number of halogens is 1. The number of benzene rings is 2. The van der Waals surface area contributed by atoms with Crippen molar-refractivity contribution in [1.29, 1.82) is 5.26 Å². The van der Waals surface area contributed by atoms with Gasteiger partial charge in [-0.25, -0.2) is 4.39 Å². The lowest BCUT2D eigenvalue weighted by atomic mass is 10.1. The molecule has 0 atom stereocenters. The van der Waals surface area contributed by atoms with Gasteiger partial charge in [0.2, 0.25) is 0 Å². The van der Waals surface area contributed by atoms with E-state index in [1.54, 1.807) is 37.3 Å². The third-order valence-electron chi connectivity index (χ3n) is 3.50. The Morgan fingerprint density at radius 3 is 2.86 bits per heavy atom. The molecule has 1 aromatic heterocycles. The summed E-state index contributed by atoms with van der Waals surface area (Å²) in [5, 5.41) is 12.3. The summed E-state index contributed by atoms with van der Waals surface area (Å²) < 4.78 is 13.3. The van der Waals surface area contributed by atoms with Gasteiger partial charge in [0.1, 0.15) is 11.5 Å². The van der Waals surface area contributed by atoms with Gasteiger partial charge in [-0.1, -0.05) is 6.07 Å². The summed E-state index contributed by atoms with van der Waals surface area (Å²) in [5.41, 5.74) is 2.77. The second-order valence-corrected chi connectivity index (χ2v) is 4.96. The van der Waals surface area contributed by atoms with E-state index >= 15 is 0 Å². The standard InChI is InChI=1S/C17H12FN3O/c1-10-14-8-12(18)5-6-15(14)21-16(10)17(22)20-13-4-2-3-11(7-13)9-19/h2-8,21H,1H3,(H,20,22). The highest BCUT2D eigenvalue weighted by molar-refractivity contribution is 6.07. The number of aromatic amines is 1. The maximum absolute atomic E-state index is 13.3. The number of H-pyrrole nitrogens is 1. The molecule has 3 rings (SSSR count). The number of nitriles is 1. The average molecular weight is 293 g/mol. The lowest BCUT2D eigenvalue weighted by molar-refractivity contribution is 0.102. The Kier molecular flexibility index (Phi) is 3.36. The van der Waals surface area contributed by atoms with Gasteiger partial charge in [-0.2, -0.15) is 5.26 Å². The molecule has 0 bridgehead atoms. The number of nitrogens with one attached hydrogen (secondary N) is 2. The molecule has 0 saturated heterocycles. The first-order valence-electron chi connectivity index (χ1n) is 6.68. The van der Waals surface area contributed by atoms with E-state index in [1.165, 1.54) is 12.1 Å². The minimum Gasteiger partial charge on any atom is -0.350 e. The fourth-order valence-corrected chi connectivity index (χ4v) is 2.39. The van der Waals surface area contributed by atoms with Crippen LogP contribution >= 0.6 is 0 Å². The number of anilines is 1. The summed E-state index contributed by atoms with van der Waals surface area (Å²) in [4.78, 5) is 15.4. The number of aromatic nitrogens is 1. The molecule has 2 aromatic carbocycles. The molecule has 0 fully saturated rings. The van der Waals surface area contributed by atoms with E-state index in [9.17, 15) is 9.18 Å². The quantitative estimate of drug-likeness (QED) is 0.755. The van der Waals surface area contributed by atoms with Crippen LogP contribution in [-0.4, -0.2) is 10.9 Å². The van der Waals surface area contributed by atoms with Crippen molar-refractivity contribution in [2.45, 2.75) is 6.92 Å². The second kappa shape index (κ2) is 5.34. The van der Waals surface area contributed by atoms with Crippen LogP contribution in [0.1, 0.15) is 21.6 Å².